The highest BCUT2D eigenvalue weighted by atomic mass is 16.5. The molecule has 1 aromatic rings. The van der Waals surface area contributed by atoms with Gasteiger partial charge in [-0.1, -0.05) is 31.4 Å². The Balaban J connectivity index is 1.46. The Morgan fingerprint density at radius 1 is 1.19 bits per heavy atom. The molecule has 5 nitrogen and oxygen atoms in total. The van der Waals surface area contributed by atoms with Crippen LogP contribution in [0.3, 0.4) is 0 Å². The molecule has 0 aromatic heterocycles. The number of hydrogen-bond acceptors (Lipinski definition) is 4. The van der Waals surface area contributed by atoms with Crippen molar-refractivity contribution in [3.8, 4) is 6.07 Å². The minimum Gasteiger partial charge on any atom is -0.376 e. The molecule has 140 valence electrons. The summed E-state index contributed by atoms with van der Waals surface area (Å²) in [4.78, 5) is 12.2. The first kappa shape index (κ1) is 18.7. The van der Waals surface area contributed by atoms with Crippen LogP contribution in [0.1, 0.15) is 63.4 Å². The van der Waals surface area contributed by atoms with Gasteiger partial charge in [0.25, 0.3) is 0 Å². The Hall–Kier alpha value is -2.06. The molecule has 5 heteroatoms. The molecule has 2 aliphatic rings. The van der Waals surface area contributed by atoms with Crippen LogP contribution >= 0.6 is 0 Å². The van der Waals surface area contributed by atoms with E-state index in [-0.39, 0.29) is 12.5 Å². The second-order valence-corrected chi connectivity index (χ2v) is 7.57. The first-order valence-corrected chi connectivity index (χ1v) is 9.86. The van der Waals surface area contributed by atoms with Crippen LogP contribution in [0.25, 0.3) is 0 Å². The van der Waals surface area contributed by atoms with Crippen molar-refractivity contribution >= 4 is 11.6 Å². The average molecular weight is 355 g/mol. The second-order valence-electron chi connectivity index (χ2n) is 7.57. The zero-order valence-corrected chi connectivity index (χ0v) is 15.4. The number of anilines is 1. The molecule has 2 N–H and O–H groups in total. The highest BCUT2D eigenvalue weighted by molar-refractivity contribution is 5.81. The summed E-state index contributed by atoms with van der Waals surface area (Å²) >= 11 is 0. The summed E-state index contributed by atoms with van der Waals surface area (Å²) < 4.78 is 6.02. The number of hydrogen-bond donors (Lipinski definition) is 2. The number of nitriles is 1. The van der Waals surface area contributed by atoms with Crippen LogP contribution in [0.5, 0.6) is 0 Å². The van der Waals surface area contributed by atoms with Gasteiger partial charge in [0.2, 0.25) is 5.91 Å². The van der Waals surface area contributed by atoms with Crippen molar-refractivity contribution in [3.05, 3.63) is 29.8 Å². The zero-order valence-electron chi connectivity index (χ0n) is 15.4. The van der Waals surface area contributed by atoms with Gasteiger partial charge < -0.3 is 15.4 Å². The molecule has 0 radical (unpaired) electrons. The number of ether oxygens (including phenoxy) is 1. The summed E-state index contributed by atoms with van der Waals surface area (Å²) in [6.07, 6.45) is 10.1. The van der Waals surface area contributed by atoms with Crippen molar-refractivity contribution in [2.45, 2.75) is 76.0 Å². The van der Waals surface area contributed by atoms with Gasteiger partial charge in [-0.2, -0.15) is 5.26 Å². The molecule has 3 rings (SSSR count). The molecule has 1 amide bonds. The smallest absolute Gasteiger partial charge is 0.240 e. The van der Waals surface area contributed by atoms with E-state index >= 15 is 0 Å². The van der Waals surface area contributed by atoms with Crippen molar-refractivity contribution in [2.24, 2.45) is 0 Å². The maximum absolute atomic E-state index is 12.2. The predicted octanol–water partition coefficient (Wildman–Crippen LogP) is 3.90. The standard InChI is InChI=1S/C21H29N3O2/c22-16-21(11-4-5-12-21)24-20(25)14-23-18-8-6-7-17(13-18)15-26-19-9-2-1-3-10-19/h6-8,13,19,23H,1-5,9-12,14-15H2,(H,24,25). The molecule has 26 heavy (non-hydrogen) atoms. The van der Waals surface area contributed by atoms with E-state index in [0.29, 0.717) is 12.7 Å². The maximum Gasteiger partial charge on any atom is 0.240 e. The number of rotatable bonds is 7. The predicted molar refractivity (Wildman–Crippen MR) is 102 cm³/mol. The molecular weight excluding hydrogens is 326 g/mol. The molecule has 0 heterocycles. The fourth-order valence-electron chi connectivity index (χ4n) is 3.95. The van der Waals surface area contributed by atoms with Crippen molar-refractivity contribution in [3.63, 3.8) is 0 Å². The van der Waals surface area contributed by atoms with E-state index in [4.69, 9.17) is 4.74 Å². The fourth-order valence-corrected chi connectivity index (χ4v) is 3.95. The lowest BCUT2D eigenvalue weighted by molar-refractivity contribution is -0.120. The van der Waals surface area contributed by atoms with E-state index in [1.54, 1.807) is 0 Å². The summed E-state index contributed by atoms with van der Waals surface area (Å²) in [6.45, 7) is 0.792. The summed E-state index contributed by atoms with van der Waals surface area (Å²) in [7, 11) is 0. The lowest BCUT2D eigenvalue weighted by atomic mass is 9.98. The van der Waals surface area contributed by atoms with Gasteiger partial charge in [-0.15, -0.1) is 0 Å². The van der Waals surface area contributed by atoms with Gasteiger partial charge in [-0.25, -0.2) is 0 Å². The van der Waals surface area contributed by atoms with Gasteiger partial charge >= 0.3 is 0 Å². The number of nitrogens with one attached hydrogen (secondary N) is 2. The third-order valence-corrected chi connectivity index (χ3v) is 5.47. The van der Waals surface area contributed by atoms with Gasteiger partial charge in [0.05, 0.1) is 25.3 Å². The molecule has 2 fully saturated rings. The minimum absolute atomic E-state index is 0.127. The Labute approximate surface area is 156 Å². The molecule has 0 unspecified atom stereocenters. The van der Waals surface area contributed by atoms with Gasteiger partial charge in [-0.05, 0) is 56.2 Å². The van der Waals surface area contributed by atoms with Gasteiger partial charge in [0.1, 0.15) is 5.54 Å². The Morgan fingerprint density at radius 3 is 2.69 bits per heavy atom. The summed E-state index contributed by atoms with van der Waals surface area (Å²) in [5.74, 6) is -0.127. The average Bonchev–Trinajstić information content (AvgIpc) is 3.15. The maximum atomic E-state index is 12.2. The largest absolute Gasteiger partial charge is 0.376 e. The van der Waals surface area contributed by atoms with E-state index in [2.05, 4.69) is 22.8 Å². The second kappa shape index (κ2) is 9.05. The van der Waals surface area contributed by atoms with E-state index in [9.17, 15) is 10.1 Å². The number of nitrogens with zero attached hydrogens (tertiary/aromatic N) is 1. The van der Waals surface area contributed by atoms with E-state index in [0.717, 1.165) is 36.9 Å². The Kier molecular flexibility index (Phi) is 6.51. The highest BCUT2D eigenvalue weighted by Gasteiger charge is 2.35. The SMILES string of the molecule is N#CC1(NC(=O)CNc2cccc(COC3CCCCC3)c2)CCCC1. The van der Waals surface area contributed by atoms with Crippen molar-refractivity contribution in [1.82, 2.24) is 5.32 Å². The molecule has 2 aliphatic carbocycles. The Morgan fingerprint density at radius 2 is 1.96 bits per heavy atom. The van der Waals surface area contributed by atoms with Crippen molar-refractivity contribution < 1.29 is 9.53 Å². The molecule has 0 bridgehead atoms. The normalized spacial score (nSPS) is 19.7. The number of carbonyl (C=O) groups excluding carboxylic acids is 1. The molecule has 0 spiro atoms. The lowest BCUT2D eigenvalue weighted by Crippen LogP contribution is -2.47. The highest BCUT2D eigenvalue weighted by Crippen LogP contribution is 2.28. The third kappa shape index (κ3) is 5.22. The first-order valence-electron chi connectivity index (χ1n) is 9.86. The molecule has 1 aromatic carbocycles. The summed E-state index contributed by atoms with van der Waals surface area (Å²) in [6, 6.07) is 10.3. The third-order valence-electron chi connectivity index (χ3n) is 5.47. The molecule has 0 atom stereocenters. The van der Waals surface area contributed by atoms with Crippen molar-refractivity contribution in [2.75, 3.05) is 11.9 Å². The molecule has 2 saturated carbocycles. The number of amides is 1. The summed E-state index contributed by atoms with van der Waals surface area (Å²) in [5.41, 5.74) is 1.36. The van der Waals surface area contributed by atoms with E-state index in [1.165, 1.54) is 32.1 Å². The topological polar surface area (TPSA) is 74.2 Å². The van der Waals surface area contributed by atoms with Crippen LogP contribution in [0.2, 0.25) is 0 Å². The van der Waals surface area contributed by atoms with E-state index < -0.39 is 5.54 Å². The lowest BCUT2D eigenvalue weighted by Gasteiger charge is -2.22. The zero-order chi connectivity index (χ0) is 18.2. The van der Waals surface area contributed by atoms with Crippen LogP contribution in [0.15, 0.2) is 24.3 Å². The monoisotopic (exact) mass is 355 g/mol. The molecular formula is C21H29N3O2. The van der Waals surface area contributed by atoms with Crippen LogP contribution in [0.4, 0.5) is 5.69 Å². The fraction of sp³-hybridized carbons (Fsp3) is 0.619. The number of carbonyl (C=O) groups is 1. The first-order chi connectivity index (χ1) is 12.7. The van der Waals surface area contributed by atoms with Gasteiger partial charge in [0.15, 0.2) is 0 Å². The van der Waals surface area contributed by atoms with Gasteiger partial charge in [0, 0.05) is 5.69 Å². The molecule has 0 saturated heterocycles. The molecule has 0 aliphatic heterocycles. The van der Waals surface area contributed by atoms with Crippen molar-refractivity contribution in [1.29, 1.82) is 5.26 Å². The minimum atomic E-state index is -0.658. The van der Waals surface area contributed by atoms with E-state index in [1.807, 2.05) is 18.2 Å². The Bertz CT molecular complexity index is 641. The van der Waals surface area contributed by atoms with Crippen LogP contribution in [-0.2, 0) is 16.1 Å². The van der Waals surface area contributed by atoms with Crippen LogP contribution in [-0.4, -0.2) is 24.1 Å². The van der Waals surface area contributed by atoms with Crippen LogP contribution < -0.4 is 10.6 Å². The number of benzene rings is 1. The van der Waals surface area contributed by atoms with Crippen LogP contribution in [0, 0.1) is 11.3 Å². The quantitative estimate of drug-likeness (QED) is 0.778. The van der Waals surface area contributed by atoms with Gasteiger partial charge in [-0.3, -0.25) is 4.79 Å². The summed E-state index contributed by atoms with van der Waals surface area (Å²) in [5, 5.41) is 15.4.